The zero-order valence-electron chi connectivity index (χ0n) is 9.36. The molecule has 0 aliphatic heterocycles. The number of rotatable bonds is 3. The number of halogens is 2. The normalized spacial score (nSPS) is 10.1. The second-order valence-corrected chi connectivity index (χ2v) is 4.08. The smallest absolute Gasteiger partial charge is 0.253 e. The fourth-order valence-electron chi connectivity index (χ4n) is 1.48. The molecule has 92 valence electrons. The number of benzene rings is 1. The number of pyridine rings is 1. The summed E-state index contributed by atoms with van der Waals surface area (Å²) in [6.07, 6.45) is 2.89. The van der Waals surface area contributed by atoms with Gasteiger partial charge in [0.1, 0.15) is 5.82 Å². The molecule has 18 heavy (non-hydrogen) atoms. The predicted octanol–water partition coefficient (Wildman–Crippen LogP) is 2.80. The van der Waals surface area contributed by atoms with Gasteiger partial charge in [-0.2, -0.15) is 0 Å². The molecular formula is C13H10ClFN2O. The van der Waals surface area contributed by atoms with Gasteiger partial charge in [-0.1, -0.05) is 23.7 Å². The van der Waals surface area contributed by atoms with E-state index in [2.05, 4.69) is 10.3 Å². The lowest BCUT2D eigenvalue weighted by atomic mass is 10.2. The standard InChI is InChI=1S/C13H10ClFN2O/c14-12-8-16-5-4-11(12)13(18)17-7-9-2-1-3-10(15)6-9/h1-6,8H,7H2,(H,17,18). The van der Waals surface area contributed by atoms with Gasteiger partial charge >= 0.3 is 0 Å². The van der Waals surface area contributed by atoms with Crippen molar-refractivity contribution in [1.82, 2.24) is 10.3 Å². The molecule has 3 nitrogen and oxygen atoms in total. The third-order valence-corrected chi connectivity index (χ3v) is 2.66. The number of hydrogen-bond donors (Lipinski definition) is 1. The molecule has 0 aliphatic carbocycles. The summed E-state index contributed by atoms with van der Waals surface area (Å²) in [5.74, 6) is -0.643. The second-order valence-electron chi connectivity index (χ2n) is 3.67. The topological polar surface area (TPSA) is 42.0 Å². The molecule has 0 radical (unpaired) electrons. The second kappa shape index (κ2) is 5.60. The van der Waals surface area contributed by atoms with Crippen molar-refractivity contribution in [2.75, 3.05) is 0 Å². The van der Waals surface area contributed by atoms with E-state index in [1.807, 2.05) is 0 Å². The third kappa shape index (κ3) is 3.05. The molecule has 0 atom stereocenters. The quantitative estimate of drug-likeness (QED) is 0.926. The van der Waals surface area contributed by atoms with Crippen LogP contribution in [-0.2, 0) is 6.54 Å². The van der Waals surface area contributed by atoms with Crippen LogP contribution in [0.3, 0.4) is 0 Å². The minimum absolute atomic E-state index is 0.245. The lowest BCUT2D eigenvalue weighted by Crippen LogP contribution is -2.23. The Labute approximate surface area is 109 Å². The Balaban J connectivity index is 2.03. The first-order valence-corrected chi connectivity index (χ1v) is 5.67. The van der Waals surface area contributed by atoms with Crippen molar-refractivity contribution in [3.8, 4) is 0 Å². The van der Waals surface area contributed by atoms with Gasteiger partial charge in [0.15, 0.2) is 0 Å². The van der Waals surface area contributed by atoms with Crippen molar-refractivity contribution in [3.05, 3.63) is 64.7 Å². The highest BCUT2D eigenvalue weighted by atomic mass is 35.5. The Hall–Kier alpha value is -1.94. The number of hydrogen-bond acceptors (Lipinski definition) is 2. The highest BCUT2D eigenvalue weighted by molar-refractivity contribution is 6.33. The maximum absolute atomic E-state index is 12.9. The number of nitrogens with zero attached hydrogens (tertiary/aromatic N) is 1. The molecule has 2 rings (SSSR count). The Morgan fingerprint density at radius 1 is 1.39 bits per heavy atom. The van der Waals surface area contributed by atoms with Gasteiger partial charge in [-0.25, -0.2) is 4.39 Å². The lowest BCUT2D eigenvalue weighted by Gasteiger charge is -2.06. The fraction of sp³-hybridized carbons (Fsp3) is 0.0769. The molecule has 0 bridgehead atoms. The molecule has 0 fully saturated rings. The van der Waals surface area contributed by atoms with Crippen molar-refractivity contribution in [2.45, 2.75) is 6.54 Å². The highest BCUT2D eigenvalue weighted by Gasteiger charge is 2.09. The average Bonchev–Trinajstić information content (AvgIpc) is 2.37. The van der Waals surface area contributed by atoms with Gasteiger partial charge in [0.2, 0.25) is 0 Å². The summed E-state index contributed by atoms with van der Waals surface area (Å²) in [6, 6.07) is 7.58. The molecule has 1 heterocycles. The summed E-state index contributed by atoms with van der Waals surface area (Å²) in [5, 5.41) is 2.95. The lowest BCUT2D eigenvalue weighted by molar-refractivity contribution is 0.0951. The number of carbonyl (C=O) groups is 1. The van der Waals surface area contributed by atoms with E-state index in [0.29, 0.717) is 11.1 Å². The fourth-order valence-corrected chi connectivity index (χ4v) is 1.69. The zero-order chi connectivity index (χ0) is 13.0. The van der Waals surface area contributed by atoms with E-state index in [1.54, 1.807) is 12.1 Å². The first-order valence-electron chi connectivity index (χ1n) is 5.29. The van der Waals surface area contributed by atoms with Crippen LogP contribution in [-0.4, -0.2) is 10.9 Å². The zero-order valence-corrected chi connectivity index (χ0v) is 10.1. The molecule has 1 aromatic carbocycles. The van der Waals surface area contributed by atoms with Gasteiger partial charge in [0.05, 0.1) is 10.6 Å². The predicted molar refractivity (Wildman–Crippen MR) is 66.8 cm³/mol. The van der Waals surface area contributed by atoms with Crippen LogP contribution in [0.25, 0.3) is 0 Å². The summed E-state index contributed by atoms with van der Waals surface area (Å²) in [4.78, 5) is 15.6. The monoisotopic (exact) mass is 264 g/mol. The Bertz CT molecular complexity index is 574. The first-order chi connectivity index (χ1) is 8.66. The highest BCUT2D eigenvalue weighted by Crippen LogP contribution is 2.13. The average molecular weight is 265 g/mol. The summed E-state index contributed by atoms with van der Waals surface area (Å²) < 4.78 is 12.9. The maximum Gasteiger partial charge on any atom is 0.253 e. The Morgan fingerprint density at radius 3 is 2.94 bits per heavy atom. The molecule has 0 unspecified atom stereocenters. The van der Waals surface area contributed by atoms with E-state index in [9.17, 15) is 9.18 Å². The first kappa shape index (κ1) is 12.5. The van der Waals surface area contributed by atoms with E-state index in [4.69, 9.17) is 11.6 Å². The Morgan fingerprint density at radius 2 is 2.22 bits per heavy atom. The molecule has 1 aromatic heterocycles. The summed E-state index contributed by atoms with van der Waals surface area (Å²) in [6.45, 7) is 0.245. The number of amides is 1. The SMILES string of the molecule is O=C(NCc1cccc(F)c1)c1ccncc1Cl. The van der Waals surface area contributed by atoms with Gasteiger partial charge in [-0.15, -0.1) is 0 Å². The van der Waals surface area contributed by atoms with Gasteiger partial charge < -0.3 is 5.32 Å². The largest absolute Gasteiger partial charge is 0.348 e. The maximum atomic E-state index is 12.9. The van der Waals surface area contributed by atoms with Crippen molar-refractivity contribution >= 4 is 17.5 Å². The van der Waals surface area contributed by atoms with Crippen molar-refractivity contribution in [2.24, 2.45) is 0 Å². The van der Waals surface area contributed by atoms with Crippen LogP contribution < -0.4 is 5.32 Å². The molecule has 5 heteroatoms. The van der Waals surface area contributed by atoms with Crippen LogP contribution in [0.15, 0.2) is 42.7 Å². The Kier molecular flexibility index (Phi) is 3.89. The molecular weight excluding hydrogens is 255 g/mol. The van der Waals surface area contributed by atoms with Crippen LogP contribution >= 0.6 is 11.6 Å². The van der Waals surface area contributed by atoms with E-state index in [-0.39, 0.29) is 23.3 Å². The molecule has 1 N–H and O–H groups in total. The summed E-state index contributed by atoms with van der Waals surface area (Å²) in [5.41, 5.74) is 1.04. The van der Waals surface area contributed by atoms with Crippen molar-refractivity contribution in [3.63, 3.8) is 0 Å². The molecule has 0 aliphatic rings. The van der Waals surface area contributed by atoms with E-state index < -0.39 is 0 Å². The van der Waals surface area contributed by atoms with E-state index in [0.717, 1.165) is 0 Å². The van der Waals surface area contributed by atoms with Gasteiger partial charge in [0, 0.05) is 18.9 Å². The number of nitrogens with one attached hydrogen (secondary N) is 1. The van der Waals surface area contributed by atoms with Gasteiger partial charge in [-0.05, 0) is 23.8 Å². The van der Waals surface area contributed by atoms with Gasteiger partial charge in [0.25, 0.3) is 5.91 Å². The van der Waals surface area contributed by atoms with Crippen LogP contribution in [0.1, 0.15) is 15.9 Å². The summed E-state index contributed by atoms with van der Waals surface area (Å²) >= 11 is 5.84. The van der Waals surface area contributed by atoms with E-state index in [1.165, 1.54) is 30.6 Å². The minimum Gasteiger partial charge on any atom is -0.348 e. The molecule has 0 saturated carbocycles. The van der Waals surface area contributed by atoms with Crippen LogP contribution in [0.4, 0.5) is 4.39 Å². The number of aromatic nitrogens is 1. The van der Waals surface area contributed by atoms with Crippen molar-refractivity contribution < 1.29 is 9.18 Å². The minimum atomic E-state index is -0.330. The van der Waals surface area contributed by atoms with E-state index >= 15 is 0 Å². The molecule has 0 saturated heterocycles. The van der Waals surface area contributed by atoms with Crippen LogP contribution in [0.2, 0.25) is 5.02 Å². The van der Waals surface area contributed by atoms with Gasteiger partial charge in [-0.3, -0.25) is 9.78 Å². The summed E-state index contributed by atoms with van der Waals surface area (Å²) in [7, 11) is 0. The molecule has 2 aromatic rings. The number of carbonyl (C=O) groups excluding carboxylic acids is 1. The van der Waals surface area contributed by atoms with Crippen molar-refractivity contribution in [1.29, 1.82) is 0 Å². The third-order valence-electron chi connectivity index (χ3n) is 2.36. The molecule has 1 amide bonds. The van der Waals surface area contributed by atoms with Crippen LogP contribution in [0, 0.1) is 5.82 Å². The van der Waals surface area contributed by atoms with Crippen LogP contribution in [0.5, 0.6) is 0 Å². The molecule has 0 spiro atoms.